The molecule has 4 rings (SSSR count). The van der Waals surface area contributed by atoms with Crippen LogP contribution in [0.5, 0.6) is 0 Å². The summed E-state index contributed by atoms with van der Waals surface area (Å²) in [5, 5.41) is 6.93. The molecule has 3 N–H and O–H groups in total. The molecule has 2 aliphatic heterocycles. The highest BCUT2D eigenvalue weighted by molar-refractivity contribution is 7.13. The molecule has 2 aliphatic rings. The van der Waals surface area contributed by atoms with Crippen LogP contribution in [0.25, 0.3) is 10.6 Å². The van der Waals surface area contributed by atoms with Crippen LogP contribution in [0.1, 0.15) is 25.5 Å². The normalized spacial score (nSPS) is 23.2. The van der Waals surface area contributed by atoms with Crippen LogP contribution < -0.4 is 15.5 Å². The number of nitrogens with zero attached hydrogens (tertiary/aromatic N) is 4. The number of nitrogens with one attached hydrogen (secondary N) is 3. The van der Waals surface area contributed by atoms with Crippen molar-refractivity contribution in [2.45, 2.75) is 38.9 Å². The lowest BCUT2D eigenvalue weighted by atomic mass is 10.0. The van der Waals surface area contributed by atoms with Crippen molar-refractivity contribution in [3.05, 3.63) is 27.6 Å². The maximum Gasteiger partial charge on any atom is 0.305 e. The van der Waals surface area contributed by atoms with Crippen molar-refractivity contribution in [2.24, 2.45) is 0 Å². The summed E-state index contributed by atoms with van der Waals surface area (Å²) in [6.45, 7) is 7.93. The van der Waals surface area contributed by atoms with Gasteiger partial charge < -0.3 is 15.2 Å². The molecule has 2 saturated heterocycles. The number of carbonyl (C=O) groups excluding carboxylic acids is 1. The molecule has 2 aromatic heterocycles. The second-order valence-corrected chi connectivity index (χ2v) is 8.60. The summed E-state index contributed by atoms with van der Waals surface area (Å²) >= 11 is 1.17. The number of rotatable bonds is 4. The van der Waals surface area contributed by atoms with Crippen LogP contribution in [0.4, 0.5) is 5.95 Å². The van der Waals surface area contributed by atoms with Gasteiger partial charge in [0.2, 0.25) is 11.9 Å². The first kappa shape index (κ1) is 20.0. The van der Waals surface area contributed by atoms with Crippen molar-refractivity contribution in [3.8, 4) is 10.6 Å². The number of thiazole rings is 1. The quantitative estimate of drug-likeness (QED) is 0.677. The first-order valence-electron chi connectivity index (χ1n) is 10.0. The lowest BCUT2D eigenvalue weighted by Gasteiger charge is -2.42. The highest BCUT2D eigenvalue weighted by Gasteiger charge is 2.28. The molecule has 0 aromatic carbocycles. The largest absolute Gasteiger partial charge is 0.340 e. The maximum absolute atomic E-state index is 11.6. The molecule has 0 spiro atoms. The SMILES string of the molecule is CC(=O)N1CCN(C2CCC(Nc3nccc(-c4sc(=O)[nH]c4C)n3)NC2)CC1. The van der Waals surface area contributed by atoms with Crippen LogP contribution in [0, 0.1) is 6.92 Å². The maximum atomic E-state index is 11.6. The van der Waals surface area contributed by atoms with Gasteiger partial charge in [-0.25, -0.2) is 9.97 Å². The predicted molar refractivity (Wildman–Crippen MR) is 113 cm³/mol. The fourth-order valence-electron chi connectivity index (χ4n) is 4.04. The van der Waals surface area contributed by atoms with Crippen LogP contribution in [0.15, 0.2) is 17.1 Å². The van der Waals surface area contributed by atoms with Crippen LogP contribution in [0.3, 0.4) is 0 Å². The van der Waals surface area contributed by atoms with E-state index in [0.29, 0.717) is 12.0 Å². The average molecular weight is 418 g/mol. The van der Waals surface area contributed by atoms with E-state index >= 15 is 0 Å². The van der Waals surface area contributed by atoms with E-state index in [1.165, 1.54) is 11.3 Å². The van der Waals surface area contributed by atoms with Crippen molar-refractivity contribution < 1.29 is 4.79 Å². The van der Waals surface area contributed by atoms with Gasteiger partial charge in [0.15, 0.2) is 0 Å². The number of carbonyl (C=O) groups is 1. The minimum absolute atomic E-state index is 0.0743. The van der Waals surface area contributed by atoms with Crippen molar-refractivity contribution in [1.82, 2.24) is 30.1 Å². The molecule has 2 aromatic rings. The van der Waals surface area contributed by atoms with Crippen molar-refractivity contribution in [1.29, 1.82) is 0 Å². The Morgan fingerprint density at radius 3 is 2.69 bits per heavy atom. The first-order valence-corrected chi connectivity index (χ1v) is 10.8. The molecule has 2 atom stereocenters. The average Bonchev–Trinajstić information content (AvgIpc) is 3.07. The summed E-state index contributed by atoms with van der Waals surface area (Å²) < 4.78 is 0. The monoisotopic (exact) mass is 417 g/mol. The summed E-state index contributed by atoms with van der Waals surface area (Å²) in [6.07, 6.45) is 3.89. The Kier molecular flexibility index (Phi) is 5.93. The molecule has 156 valence electrons. The van der Waals surface area contributed by atoms with Gasteiger partial charge in [0.05, 0.1) is 16.7 Å². The number of H-pyrrole nitrogens is 1. The molecule has 4 heterocycles. The van der Waals surface area contributed by atoms with Gasteiger partial charge in [0.25, 0.3) is 0 Å². The first-order chi connectivity index (χ1) is 14.0. The van der Waals surface area contributed by atoms with Crippen molar-refractivity contribution in [2.75, 3.05) is 38.0 Å². The number of hydrogen-bond donors (Lipinski definition) is 3. The fraction of sp³-hybridized carbons (Fsp3) is 0.579. The van der Waals surface area contributed by atoms with E-state index in [4.69, 9.17) is 0 Å². The van der Waals surface area contributed by atoms with E-state index in [9.17, 15) is 9.59 Å². The fourth-order valence-corrected chi connectivity index (χ4v) is 4.85. The molecule has 0 radical (unpaired) electrons. The van der Waals surface area contributed by atoms with E-state index in [-0.39, 0.29) is 16.9 Å². The third-order valence-corrected chi connectivity index (χ3v) is 6.69. The van der Waals surface area contributed by atoms with E-state index < -0.39 is 0 Å². The number of amides is 1. The number of piperazine rings is 1. The molecular weight excluding hydrogens is 390 g/mol. The summed E-state index contributed by atoms with van der Waals surface area (Å²) in [5.74, 6) is 0.730. The van der Waals surface area contributed by atoms with Crippen LogP contribution in [-0.2, 0) is 4.79 Å². The summed E-state index contributed by atoms with van der Waals surface area (Å²) in [5.41, 5.74) is 1.58. The van der Waals surface area contributed by atoms with Crippen LogP contribution in [-0.4, -0.2) is 75.6 Å². The Hall–Kier alpha value is -2.30. The number of anilines is 1. The third kappa shape index (κ3) is 4.65. The Morgan fingerprint density at radius 1 is 1.28 bits per heavy atom. The van der Waals surface area contributed by atoms with Gasteiger partial charge in [-0.15, -0.1) is 0 Å². The molecular formula is C19H27N7O2S. The highest BCUT2D eigenvalue weighted by Crippen LogP contribution is 2.24. The molecule has 1 amide bonds. The van der Waals surface area contributed by atoms with E-state index in [0.717, 1.165) is 61.8 Å². The molecule has 0 saturated carbocycles. The second-order valence-electron chi connectivity index (χ2n) is 7.61. The van der Waals surface area contributed by atoms with Crippen molar-refractivity contribution in [3.63, 3.8) is 0 Å². The molecule has 0 bridgehead atoms. The van der Waals surface area contributed by atoms with E-state index in [1.54, 1.807) is 13.1 Å². The zero-order chi connectivity index (χ0) is 20.4. The zero-order valence-corrected chi connectivity index (χ0v) is 17.6. The summed E-state index contributed by atoms with van der Waals surface area (Å²) in [7, 11) is 0. The Morgan fingerprint density at radius 2 is 2.07 bits per heavy atom. The Bertz CT molecular complexity index is 911. The Balaban J connectivity index is 1.31. The van der Waals surface area contributed by atoms with Gasteiger partial charge in [-0.3, -0.25) is 19.8 Å². The topological polar surface area (TPSA) is 106 Å². The lowest BCUT2D eigenvalue weighted by molar-refractivity contribution is -0.130. The van der Waals surface area contributed by atoms with E-state index in [1.807, 2.05) is 17.9 Å². The second kappa shape index (κ2) is 8.60. The Labute approximate surface area is 173 Å². The van der Waals surface area contributed by atoms with Gasteiger partial charge in [-0.2, -0.15) is 0 Å². The van der Waals surface area contributed by atoms with Gasteiger partial charge >= 0.3 is 4.87 Å². The van der Waals surface area contributed by atoms with Gasteiger partial charge in [-0.1, -0.05) is 11.3 Å². The minimum Gasteiger partial charge on any atom is -0.340 e. The minimum atomic E-state index is -0.0743. The smallest absolute Gasteiger partial charge is 0.305 e. The summed E-state index contributed by atoms with van der Waals surface area (Å²) in [4.78, 5) is 40.0. The molecule has 9 nitrogen and oxygen atoms in total. The van der Waals surface area contributed by atoms with Crippen LogP contribution >= 0.6 is 11.3 Å². The number of aromatic amines is 1. The molecule has 0 aliphatic carbocycles. The highest BCUT2D eigenvalue weighted by atomic mass is 32.1. The van der Waals surface area contributed by atoms with Crippen LogP contribution in [0.2, 0.25) is 0 Å². The molecule has 29 heavy (non-hydrogen) atoms. The number of piperidine rings is 1. The molecule has 2 fully saturated rings. The lowest BCUT2D eigenvalue weighted by Crippen LogP contribution is -2.57. The van der Waals surface area contributed by atoms with E-state index in [2.05, 4.69) is 30.5 Å². The standard InChI is InChI=1S/C19H27N7O2S/c1-12-17(29-19(28)22-12)15-5-6-20-18(23-15)24-16-4-3-14(11-21-16)26-9-7-25(8-10-26)13(2)27/h5-6,14,16,21H,3-4,7-11H2,1-2H3,(H,22,28)(H,20,23,24). The zero-order valence-electron chi connectivity index (χ0n) is 16.8. The third-order valence-electron chi connectivity index (χ3n) is 5.68. The predicted octanol–water partition coefficient (Wildman–Crippen LogP) is 0.856. The molecule has 10 heteroatoms. The summed E-state index contributed by atoms with van der Waals surface area (Å²) in [6, 6.07) is 2.32. The van der Waals surface area contributed by atoms with Gasteiger partial charge in [0, 0.05) is 57.6 Å². The number of aryl methyl sites for hydroxylation is 1. The number of aromatic nitrogens is 3. The van der Waals surface area contributed by atoms with Gasteiger partial charge in [-0.05, 0) is 25.8 Å². The van der Waals surface area contributed by atoms with Gasteiger partial charge in [0.1, 0.15) is 0 Å². The molecule has 2 unspecified atom stereocenters. The van der Waals surface area contributed by atoms with Crippen molar-refractivity contribution >= 4 is 23.2 Å². The number of hydrogen-bond acceptors (Lipinski definition) is 8.